The van der Waals surface area contributed by atoms with E-state index in [0.717, 1.165) is 19.3 Å². The number of ether oxygens (including phenoxy) is 1. The molecule has 2 bridgehead atoms. The minimum absolute atomic E-state index is 0.0869. The van der Waals surface area contributed by atoms with E-state index in [9.17, 15) is 4.79 Å². The summed E-state index contributed by atoms with van der Waals surface area (Å²) in [5.74, 6) is -0.0869. The van der Waals surface area contributed by atoms with Gasteiger partial charge in [0.25, 0.3) is 0 Å². The van der Waals surface area contributed by atoms with Gasteiger partial charge in [-0.15, -0.1) is 0 Å². The fourth-order valence-corrected chi connectivity index (χ4v) is 2.03. The predicted molar refractivity (Wildman–Crippen MR) is 44.6 cm³/mol. The molecule has 0 saturated carbocycles. The Morgan fingerprint density at radius 1 is 1.58 bits per heavy atom. The Balaban J connectivity index is 1.90. The maximum absolute atomic E-state index is 11.0. The molecule has 66 valence electrons. The Hall–Kier alpha value is -0.830. The van der Waals surface area contributed by atoms with Crippen LogP contribution in [0.25, 0.3) is 0 Å². The van der Waals surface area contributed by atoms with Crippen LogP contribution in [0.2, 0.25) is 0 Å². The highest BCUT2D eigenvalue weighted by atomic mass is 16.5. The van der Waals surface area contributed by atoms with E-state index in [-0.39, 0.29) is 18.1 Å². The Kier molecular flexibility index (Phi) is 1.89. The Bertz CT molecular complexity index is 215. The van der Waals surface area contributed by atoms with Crippen LogP contribution in [0, 0.1) is 0 Å². The third-order valence-corrected chi connectivity index (χ3v) is 2.62. The summed E-state index contributed by atoms with van der Waals surface area (Å²) >= 11 is 0. The summed E-state index contributed by atoms with van der Waals surface area (Å²) < 4.78 is 5.58. The number of nitrogens with one attached hydrogen (secondary N) is 1. The highest BCUT2D eigenvalue weighted by Crippen LogP contribution is 2.34. The Morgan fingerprint density at radius 3 is 2.92 bits per heavy atom. The van der Waals surface area contributed by atoms with Gasteiger partial charge in [-0.05, 0) is 25.3 Å². The normalized spacial score (nSPS) is 38.2. The molecule has 12 heavy (non-hydrogen) atoms. The van der Waals surface area contributed by atoms with Crippen molar-refractivity contribution in [2.45, 2.75) is 37.5 Å². The lowest BCUT2D eigenvalue weighted by molar-refractivity contribution is -0.117. The number of fused-ring (bicyclic) bond motifs is 2. The first kappa shape index (κ1) is 7.80. The van der Waals surface area contributed by atoms with Crippen LogP contribution in [0.4, 0.5) is 0 Å². The molecular formula is C9H13NO2. The van der Waals surface area contributed by atoms with Crippen molar-refractivity contribution in [2.24, 2.45) is 0 Å². The number of amides is 1. The zero-order valence-electron chi connectivity index (χ0n) is 6.95. The van der Waals surface area contributed by atoms with Gasteiger partial charge in [0, 0.05) is 0 Å². The largest absolute Gasteiger partial charge is 0.373 e. The molecule has 0 spiro atoms. The Morgan fingerprint density at radius 2 is 2.42 bits per heavy atom. The molecule has 2 aliphatic rings. The van der Waals surface area contributed by atoms with Crippen molar-refractivity contribution < 1.29 is 9.53 Å². The molecule has 0 aromatic rings. The van der Waals surface area contributed by atoms with Gasteiger partial charge in [-0.2, -0.15) is 0 Å². The van der Waals surface area contributed by atoms with Crippen LogP contribution in [0.15, 0.2) is 12.7 Å². The van der Waals surface area contributed by atoms with Crippen LogP contribution in [-0.4, -0.2) is 24.2 Å². The standard InChI is InChI=1S/C9H13NO2/c1-2-9(11)10-7-5-6-3-4-8(7)12-6/h2,6-8H,1,3-5H2,(H,10,11). The van der Waals surface area contributed by atoms with E-state index < -0.39 is 0 Å². The van der Waals surface area contributed by atoms with Gasteiger partial charge in [0.2, 0.25) is 5.91 Å². The zero-order chi connectivity index (χ0) is 8.55. The second-order valence-electron chi connectivity index (χ2n) is 3.43. The van der Waals surface area contributed by atoms with Crippen LogP contribution in [0.5, 0.6) is 0 Å². The summed E-state index contributed by atoms with van der Waals surface area (Å²) in [5.41, 5.74) is 0. The molecule has 2 rings (SSSR count). The molecular weight excluding hydrogens is 154 g/mol. The quantitative estimate of drug-likeness (QED) is 0.612. The summed E-state index contributed by atoms with van der Waals surface area (Å²) in [4.78, 5) is 11.0. The fourth-order valence-electron chi connectivity index (χ4n) is 2.03. The SMILES string of the molecule is C=CC(=O)NC1CC2CCC1O2. The molecule has 0 aromatic carbocycles. The van der Waals surface area contributed by atoms with Crippen LogP contribution >= 0.6 is 0 Å². The van der Waals surface area contributed by atoms with Gasteiger partial charge in [0.15, 0.2) is 0 Å². The Labute approximate surface area is 71.8 Å². The van der Waals surface area contributed by atoms with E-state index in [1.165, 1.54) is 6.08 Å². The van der Waals surface area contributed by atoms with Gasteiger partial charge in [-0.3, -0.25) is 4.79 Å². The van der Waals surface area contributed by atoms with Crippen LogP contribution < -0.4 is 5.32 Å². The molecule has 0 aliphatic carbocycles. The summed E-state index contributed by atoms with van der Waals surface area (Å²) in [6.45, 7) is 3.41. The molecule has 2 aliphatic heterocycles. The molecule has 2 fully saturated rings. The minimum Gasteiger partial charge on any atom is -0.373 e. The summed E-state index contributed by atoms with van der Waals surface area (Å²) in [6.07, 6.45) is 5.19. The van der Waals surface area contributed by atoms with Crippen LogP contribution in [-0.2, 0) is 9.53 Å². The molecule has 1 amide bonds. The van der Waals surface area contributed by atoms with Gasteiger partial charge < -0.3 is 10.1 Å². The van der Waals surface area contributed by atoms with Gasteiger partial charge in [-0.25, -0.2) is 0 Å². The number of carbonyl (C=O) groups is 1. The lowest BCUT2D eigenvalue weighted by atomic mass is 9.95. The second-order valence-corrected chi connectivity index (χ2v) is 3.43. The number of hydrogen-bond acceptors (Lipinski definition) is 2. The van der Waals surface area contributed by atoms with Gasteiger partial charge in [0.05, 0.1) is 18.2 Å². The molecule has 2 heterocycles. The van der Waals surface area contributed by atoms with Crippen molar-refractivity contribution in [3.63, 3.8) is 0 Å². The first-order valence-electron chi connectivity index (χ1n) is 4.38. The van der Waals surface area contributed by atoms with E-state index in [2.05, 4.69) is 11.9 Å². The first-order chi connectivity index (χ1) is 5.79. The third kappa shape index (κ3) is 1.25. The van der Waals surface area contributed by atoms with Crippen molar-refractivity contribution in [1.82, 2.24) is 5.32 Å². The maximum atomic E-state index is 11.0. The highest BCUT2D eigenvalue weighted by molar-refractivity contribution is 5.87. The minimum atomic E-state index is -0.0869. The number of rotatable bonds is 2. The van der Waals surface area contributed by atoms with Crippen molar-refractivity contribution in [1.29, 1.82) is 0 Å². The van der Waals surface area contributed by atoms with E-state index >= 15 is 0 Å². The molecule has 3 heteroatoms. The molecule has 3 unspecified atom stereocenters. The van der Waals surface area contributed by atoms with E-state index in [4.69, 9.17) is 4.74 Å². The molecule has 3 atom stereocenters. The van der Waals surface area contributed by atoms with Crippen molar-refractivity contribution in [3.05, 3.63) is 12.7 Å². The fraction of sp³-hybridized carbons (Fsp3) is 0.667. The van der Waals surface area contributed by atoms with Gasteiger partial charge in [-0.1, -0.05) is 6.58 Å². The highest BCUT2D eigenvalue weighted by Gasteiger charge is 2.40. The molecule has 0 radical (unpaired) electrons. The molecule has 3 nitrogen and oxygen atoms in total. The lowest BCUT2D eigenvalue weighted by Gasteiger charge is -2.18. The smallest absolute Gasteiger partial charge is 0.243 e. The first-order valence-corrected chi connectivity index (χ1v) is 4.38. The molecule has 2 saturated heterocycles. The van der Waals surface area contributed by atoms with E-state index in [1.54, 1.807) is 0 Å². The zero-order valence-corrected chi connectivity index (χ0v) is 6.95. The van der Waals surface area contributed by atoms with Crippen molar-refractivity contribution in [2.75, 3.05) is 0 Å². The van der Waals surface area contributed by atoms with Crippen LogP contribution in [0.1, 0.15) is 19.3 Å². The van der Waals surface area contributed by atoms with Gasteiger partial charge in [0.1, 0.15) is 0 Å². The number of hydrogen-bond donors (Lipinski definition) is 1. The van der Waals surface area contributed by atoms with E-state index in [0.29, 0.717) is 6.10 Å². The van der Waals surface area contributed by atoms with Crippen LogP contribution in [0.3, 0.4) is 0 Å². The average molecular weight is 167 g/mol. The van der Waals surface area contributed by atoms with Crippen molar-refractivity contribution in [3.8, 4) is 0 Å². The topological polar surface area (TPSA) is 38.3 Å². The predicted octanol–water partition coefficient (Wildman–Crippen LogP) is 0.608. The number of carbonyl (C=O) groups excluding carboxylic acids is 1. The van der Waals surface area contributed by atoms with Crippen molar-refractivity contribution >= 4 is 5.91 Å². The molecule has 1 N–H and O–H groups in total. The average Bonchev–Trinajstić information content (AvgIpc) is 2.64. The summed E-state index contributed by atoms with van der Waals surface area (Å²) in [7, 11) is 0. The summed E-state index contributed by atoms with van der Waals surface area (Å²) in [6, 6.07) is 0.231. The van der Waals surface area contributed by atoms with E-state index in [1.807, 2.05) is 0 Å². The molecule has 0 aromatic heterocycles. The monoisotopic (exact) mass is 167 g/mol. The summed E-state index contributed by atoms with van der Waals surface area (Å²) in [5, 5.41) is 2.88. The maximum Gasteiger partial charge on any atom is 0.243 e. The third-order valence-electron chi connectivity index (χ3n) is 2.62. The second kappa shape index (κ2) is 2.90. The lowest BCUT2D eigenvalue weighted by Crippen LogP contribution is -2.40. The van der Waals surface area contributed by atoms with Gasteiger partial charge >= 0.3 is 0 Å².